The van der Waals surface area contributed by atoms with E-state index in [9.17, 15) is 5.11 Å². The van der Waals surface area contributed by atoms with Crippen molar-refractivity contribution in [1.82, 2.24) is 4.98 Å². The van der Waals surface area contributed by atoms with E-state index in [4.69, 9.17) is 0 Å². The van der Waals surface area contributed by atoms with Crippen LogP contribution in [0.4, 0.5) is 5.82 Å². The number of aliphatic hydroxyl groups excluding tert-OH is 1. The van der Waals surface area contributed by atoms with Gasteiger partial charge in [-0.25, -0.2) is 4.98 Å². The molecule has 3 nitrogen and oxygen atoms in total. The van der Waals surface area contributed by atoms with E-state index in [-0.39, 0.29) is 12.1 Å². The summed E-state index contributed by atoms with van der Waals surface area (Å²) in [5, 5.41) is 16.0. The molecule has 1 heterocycles. The van der Waals surface area contributed by atoms with E-state index in [1.54, 1.807) is 0 Å². The second-order valence-corrected chi connectivity index (χ2v) is 5.34. The zero-order valence-electron chi connectivity index (χ0n) is 11.0. The van der Waals surface area contributed by atoms with Gasteiger partial charge in [0.05, 0.1) is 12.1 Å². The summed E-state index contributed by atoms with van der Waals surface area (Å²) >= 11 is 0. The summed E-state index contributed by atoms with van der Waals surface area (Å²) < 4.78 is 0. The van der Waals surface area contributed by atoms with Gasteiger partial charge in [0, 0.05) is 11.6 Å². The van der Waals surface area contributed by atoms with E-state index in [0.717, 1.165) is 30.5 Å². The Hall–Kier alpha value is -1.61. The van der Waals surface area contributed by atoms with Crippen LogP contribution in [0.2, 0.25) is 0 Å². The summed E-state index contributed by atoms with van der Waals surface area (Å²) in [5.41, 5.74) is 0. The quantitative estimate of drug-likeness (QED) is 0.810. The van der Waals surface area contributed by atoms with E-state index in [1.807, 2.05) is 24.4 Å². The molecule has 1 aliphatic rings. The van der Waals surface area contributed by atoms with Crippen molar-refractivity contribution < 1.29 is 5.11 Å². The minimum Gasteiger partial charge on any atom is -0.391 e. The molecule has 3 rings (SSSR count). The number of pyridine rings is 1. The molecule has 3 heteroatoms. The second kappa shape index (κ2) is 5.57. The van der Waals surface area contributed by atoms with E-state index in [0.29, 0.717) is 0 Å². The number of hydrogen-bond acceptors (Lipinski definition) is 3. The summed E-state index contributed by atoms with van der Waals surface area (Å²) in [4.78, 5) is 4.44. The molecule has 0 aliphatic heterocycles. The van der Waals surface area contributed by atoms with Crippen LogP contribution in [0.1, 0.15) is 32.1 Å². The Bertz CT molecular complexity index is 550. The first-order valence-corrected chi connectivity index (χ1v) is 7.13. The van der Waals surface area contributed by atoms with Gasteiger partial charge < -0.3 is 10.4 Å². The van der Waals surface area contributed by atoms with Crippen LogP contribution in [-0.2, 0) is 0 Å². The maximum absolute atomic E-state index is 10.2. The van der Waals surface area contributed by atoms with Crippen LogP contribution in [0.15, 0.2) is 36.5 Å². The lowest BCUT2D eigenvalue weighted by Crippen LogP contribution is -2.32. The van der Waals surface area contributed by atoms with Gasteiger partial charge in [0.25, 0.3) is 0 Å². The highest BCUT2D eigenvalue weighted by Crippen LogP contribution is 2.25. The smallest absolute Gasteiger partial charge is 0.134 e. The molecule has 0 radical (unpaired) electrons. The molecule has 0 spiro atoms. The fraction of sp³-hybridized carbons (Fsp3) is 0.438. The molecule has 1 aromatic heterocycles. The van der Waals surface area contributed by atoms with Crippen molar-refractivity contribution in [3.05, 3.63) is 36.5 Å². The Morgan fingerprint density at radius 2 is 1.89 bits per heavy atom. The van der Waals surface area contributed by atoms with Gasteiger partial charge in [-0.15, -0.1) is 0 Å². The molecule has 19 heavy (non-hydrogen) atoms. The largest absolute Gasteiger partial charge is 0.391 e. The Labute approximate surface area is 113 Å². The molecule has 2 atom stereocenters. The SMILES string of the molecule is OC1CCCCCC1Nc1nccc2ccccc12. The predicted octanol–water partition coefficient (Wildman–Crippen LogP) is 3.34. The molecule has 1 saturated carbocycles. The summed E-state index contributed by atoms with van der Waals surface area (Å²) in [6.45, 7) is 0. The van der Waals surface area contributed by atoms with Gasteiger partial charge in [0.1, 0.15) is 5.82 Å². The number of aliphatic hydroxyl groups is 1. The summed E-state index contributed by atoms with van der Waals surface area (Å²) in [7, 11) is 0. The Morgan fingerprint density at radius 3 is 2.84 bits per heavy atom. The van der Waals surface area contributed by atoms with Crippen LogP contribution in [0.25, 0.3) is 10.8 Å². The van der Waals surface area contributed by atoms with Gasteiger partial charge in [-0.2, -0.15) is 0 Å². The summed E-state index contributed by atoms with van der Waals surface area (Å²) in [6.07, 6.45) is 7.01. The van der Waals surface area contributed by atoms with Crippen molar-refractivity contribution >= 4 is 16.6 Å². The Morgan fingerprint density at radius 1 is 1.05 bits per heavy atom. The highest BCUT2D eigenvalue weighted by Gasteiger charge is 2.22. The first-order valence-electron chi connectivity index (χ1n) is 7.13. The number of nitrogens with one attached hydrogen (secondary N) is 1. The molecule has 0 amide bonds. The Balaban J connectivity index is 1.88. The first kappa shape index (κ1) is 12.4. The summed E-state index contributed by atoms with van der Waals surface area (Å²) in [6, 6.07) is 10.4. The molecule has 0 saturated heterocycles. The van der Waals surface area contributed by atoms with Crippen molar-refractivity contribution in [3.63, 3.8) is 0 Å². The lowest BCUT2D eigenvalue weighted by Gasteiger charge is -2.23. The zero-order valence-corrected chi connectivity index (χ0v) is 11.0. The molecule has 2 unspecified atom stereocenters. The van der Waals surface area contributed by atoms with Crippen LogP contribution in [0.5, 0.6) is 0 Å². The number of aromatic nitrogens is 1. The maximum atomic E-state index is 10.2. The average Bonchev–Trinajstić information content (AvgIpc) is 2.65. The highest BCUT2D eigenvalue weighted by atomic mass is 16.3. The number of anilines is 1. The average molecular weight is 256 g/mol. The predicted molar refractivity (Wildman–Crippen MR) is 78.2 cm³/mol. The van der Waals surface area contributed by atoms with E-state index < -0.39 is 0 Å². The lowest BCUT2D eigenvalue weighted by atomic mass is 10.1. The fourth-order valence-electron chi connectivity index (χ4n) is 2.87. The molecule has 1 aromatic carbocycles. The molecule has 100 valence electrons. The normalized spacial score (nSPS) is 24.1. The minimum atomic E-state index is -0.261. The van der Waals surface area contributed by atoms with Gasteiger partial charge >= 0.3 is 0 Å². The molecule has 1 aliphatic carbocycles. The van der Waals surface area contributed by atoms with Crippen LogP contribution < -0.4 is 5.32 Å². The topological polar surface area (TPSA) is 45.1 Å². The number of rotatable bonds is 2. The lowest BCUT2D eigenvalue weighted by molar-refractivity contribution is 0.144. The van der Waals surface area contributed by atoms with Gasteiger partial charge in [-0.05, 0) is 24.3 Å². The molecular weight excluding hydrogens is 236 g/mol. The van der Waals surface area contributed by atoms with Gasteiger partial charge in [0.15, 0.2) is 0 Å². The number of benzene rings is 1. The third-order valence-electron chi connectivity index (χ3n) is 3.98. The van der Waals surface area contributed by atoms with Crippen molar-refractivity contribution in [2.45, 2.75) is 44.2 Å². The monoisotopic (exact) mass is 256 g/mol. The van der Waals surface area contributed by atoms with Crippen molar-refractivity contribution in [2.75, 3.05) is 5.32 Å². The van der Waals surface area contributed by atoms with Crippen LogP contribution in [0, 0.1) is 0 Å². The van der Waals surface area contributed by atoms with Crippen molar-refractivity contribution in [1.29, 1.82) is 0 Å². The number of nitrogens with zero attached hydrogens (tertiary/aromatic N) is 1. The number of fused-ring (bicyclic) bond motifs is 1. The maximum Gasteiger partial charge on any atom is 0.134 e. The second-order valence-electron chi connectivity index (χ2n) is 5.34. The Kier molecular flexibility index (Phi) is 3.65. The van der Waals surface area contributed by atoms with Crippen molar-refractivity contribution in [3.8, 4) is 0 Å². The fourth-order valence-corrected chi connectivity index (χ4v) is 2.87. The minimum absolute atomic E-state index is 0.126. The van der Waals surface area contributed by atoms with Crippen molar-refractivity contribution in [2.24, 2.45) is 0 Å². The van der Waals surface area contributed by atoms with E-state index >= 15 is 0 Å². The number of hydrogen-bond donors (Lipinski definition) is 2. The van der Waals surface area contributed by atoms with Crippen LogP contribution in [-0.4, -0.2) is 22.2 Å². The molecule has 2 aromatic rings. The molecule has 0 bridgehead atoms. The molecule has 2 N–H and O–H groups in total. The third-order valence-corrected chi connectivity index (χ3v) is 3.98. The first-order chi connectivity index (χ1) is 9.34. The van der Waals surface area contributed by atoms with Crippen LogP contribution >= 0.6 is 0 Å². The summed E-state index contributed by atoms with van der Waals surface area (Å²) in [5.74, 6) is 0.893. The van der Waals surface area contributed by atoms with Gasteiger partial charge in [-0.3, -0.25) is 0 Å². The zero-order chi connectivity index (χ0) is 13.1. The van der Waals surface area contributed by atoms with Gasteiger partial charge in [-0.1, -0.05) is 43.5 Å². The third kappa shape index (κ3) is 2.71. The highest BCUT2D eigenvalue weighted by molar-refractivity contribution is 5.91. The van der Waals surface area contributed by atoms with E-state index in [1.165, 1.54) is 18.2 Å². The standard InChI is InChI=1S/C16H20N2O/c19-15-9-3-1-2-8-14(15)18-16-13-7-5-4-6-12(13)10-11-17-16/h4-7,10-11,14-15,19H,1-3,8-9H2,(H,17,18). The van der Waals surface area contributed by atoms with E-state index in [2.05, 4.69) is 22.4 Å². The van der Waals surface area contributed by atoms with Gasteiger partial charge in [0.2, 0.25) is 0 Å². The van der Waals surface area contributed by atoms with Crippen LogP contribution in [0.3, 0.4) is 0 Å². The molecule has 1 fully saturated rings. The molecular formula is C16H20N2O.